The summed E-state index contributed by atoms with van der Waals surface area (Å²) < 4.78 is 11.1. The molecule has 0 fully saturated rings. The molecule has 0 radical (unpaired) electrons. The number of hydrogen-bond acceptors (Lipinski definition) is 5. The molecule has 7 nitrogen and oxygen atoms in total. The van der Waals surface area contributed by atoms with Gasteiger partial charge in [-0.1, -0.05) is 29.8 Å². The molecule has 0 spiro atoms. The van der Waals surface area contributed by atoms with Gasteiger partial charge in [-0.3, -0.25) is 10.1 Å². The lowest BCUT2D eigenvalue weighted by Gasteiger charge is -2.12. The Hall–Kier alpha value is -3.35. The van der Waals surface area contributed by atoms with Gasteiger partial charge in [-0.2, -0.15) is 0 Å². The van der Waals surface area contributed by atoms with Gasteiger partial charge in [0.15, 0.2) is 5.75 Å². The van der Waals surface area contributed by atoms with Crippen LogP contribution >= 0.6 is 0 Å². The summed E-state index contributed by atoms with van der Waals surface area (Å²) in [5, 5.41) is 11.5. The van der Waals surface area contributed by atoms with Crippen molar-refractivity contribution in [3.05, 3.63) is 70.0 Å². The number of ether oxygens (including phenoxy) is 2. The second kappa shape index (κ2) is 7.04. The lowest BCUT2D eigenvalue weighted by Crippen LogP contribution is -2.02. The normalized spacial score (nSPS) is 10.5. The van der Waals surface area contributed by atoms with Gasteiger partial charge in [0.25, 0.3) is 0 Å². The van der Waals surface area contributed by atoms with Gasteiger partial charge in [0.05, 0.1) is 12.0 Å². The van der Waals surface area contributed by atoms with Crippen LogP contribution in [0.2, 0.25) is 0 Å². The zero-order chi connectivity index (χ0) is 17.8. The third-order valence-corrected chi connectivity index (χ3v) is 3.69. The Labute approximate surface area is 144 Å². The van der Waals surface area contributed by atoms with Gasteiger partial charge in [-0.15, -0.1) is 0 Å². The molecule has 3 rings (SSSR count). The van der Waals surface area contributed by atoms with Crippen LogP contribution < -0.4 is 9.47 Å². The van der Waals surface area contributed by atoms with E-state index >= 15 is 0 Å². The van der Waals surface area contributed by atoms with Crippen molar-refractivity contribution in [2.75, 3.05) is 7.11 Å². The van der Waals surface area contributed by atoms with Gasteiger partial charge in [-0.25, -0.2) is 4.98 Å². The molecular formula is C18H17N3O4. The standard InChI is InChI=1S/C18H17N3O4/c1-12-4-3-5-13(8-12)11-25-17-15(21(22)23)9-14(10-16(17)24-2)18-19-6-7-20-18/h3-10H,11H2,1-2H3,(H,19,20). The summed E-state index contributed by atoms with van der Waals surface area (Å²) in [6, 6.07) is 10.9. The van der Waals surface area contributed by atoms with E-state index in [1.54, 1.807) is 18.5 Å². The predicted octanol–water partition coefficient (Wildman–Crippen LogP) is 3.88. The molecule has 7 heteroatoms. The Kier molecular flexibility index (Phi) is 4.65. The number of imidazole rings is 1. The molecule has 1 heterocycles. The van der Waals surface area contributed by atoms with Gasteiger partial charge in [-0.05, 0) is 18.6 Å². The Morgan fingerprint density at radius 2 is 2.12 bits per heavy atom. The minimum atomic E-state index is -0.486. The lowest BCUT2D eigenvalue weighted by atomic mass is 10.1. The summed E-state index contributed by atoms with van der Waals surface area (Å²) in [5.74, 6) is 0.907. The summed E-state index contributed by atoms with van der Waals surface area (Å²) >= 11 is 0. The Bertz CT molecular complexity index is 891. The Morgan fingerprint density at radius 1 is 1.28 bits per heavy atom. The van der Waals surface area contributed by atoms with Crippen LogP contribution in [0.5, 0.6) is 11.5 Å². The topological polar surface area (TPSA) is 90.3 Å². The molecule has 25 heavy (non-hydrogen) atoms. The van der Waals surface area contributed by atoms with E-state index in [2.05, 4.69) is 9.97 Å². The summed E-state index contributed by atoms with van der Waals surface area (Å²) in [4.78, 5) is 18.1. The van der Waals surface area contributed by atoms with E-state index in [0.717, 1.165) is 11.1 Å². The average molecular weight is 339 g/mol. The van der Waals surface area contributed by atoms with E-state index in [0.29, 0.717) is 11.4 Å². The molecule has 3 aromatic rings. The highest BCUT2D eigenvalue weighted by Crippen LogP contribution is 2.41. The number of H-pyrrole nitrogens is 1. The highest BCUT2D eigenvalue weighted by Gasteiger charge is 2.23. The van der Waals surface area contributed by atoms with Crippen LogP contribution in [0.1, 0.15) is 11.1 Å². The molecule has 1 aromatic heterocycles. The van der Waals surface area contributed by atoms with Crippen LogP contribution in [0.25, 0.3) is 11.4 Å². The van der Waals surface area contributed by atoms with Gasteiger partial charge >= 0.3 is 5.69 Å². The van der Waals surface area contributed by atoms with Crippen molar-refractivity contribution >= 4 is 5.69 Å². The zero-order valence-corrected chi connectivity index (χ0v) is 13.9. The van der Waals surface area contributed by atoms with Crippen molar-refractivity contribution in [3.63, 3.8) is 0 Å². The number of aromatic amines is 1. The molecule has 0 saturated heterocycles. The average Bonchev–Trinajstić information content (AvgIpc) is 3.13. The molecule has 1 N–H and O–H groups in total. The molecule has 2 aromatic carbocycles. The van der Waals surface area contributed by atoms with E-state index in [-0.39, 0.29) is 23.8 Å². The maximum atomic E-state index is 11.5. The number of benzene rings is 2. The quantitative estimate of drug-likeness (QED) is 0.543. The fourth-order valence-corrected chi connectivity index (χ4v) is 2.54. The molecule has 0 amide bonds. The summed E-state index contributed by atoms with van der Waals surface area (Å²) in [7, 11) is 1.45. The molecule has 0 bridgehead atoms. The third-order valence-electron chi connectivity index (χ3n) is 3.69. The third kappa shape index (κ3) is 3.60. The molecule has 0 aliphatic carbocycles. The molecule has 0 aliphatic heterocycles. The lowest BCUT2D eigenvalue weighted by molar-refractivity contribution is -0.386. The van der Waals surface area contributed by atoms with Crippen LogP contribution in [-0.2, 0) is 6.61 Å². The minimum Gasteiger partial charge on any atom is -0.493 e. The summed E-state index contributed by atoms with van der Waals surface area (Å²) in [6.07, 6.45) is 3.23. The van der Waals surface area contributed by atoms with Crippen molar-refractivity contribution in [2.45, 2.75) is 13.5 Å². The van der Waals surface area contributed by atoms with Crippen LogP contribution in [0.15, 0.2) is 48.8 Å². The first kappa shape index (κ1) is 16.5. The second-order valence-corrected chi connectivity index (χ2v) is 5.50. The van der Waals surface area contributed by atoms with E-state index in [4.69, 9.17) is 9.47 Å². The van der Waals surface area contributed by atoms with E-state index in [9.17, 15) is 10.1 Å². The number of aromatic nitrogens is 2. The Balaban J connectivity index is 1.98. The number of rotatable bonds is 6. The van der Waals surface area contributed by atoms with Gasteiger partial charge in [0.1, 0.15) is 12.4 Å². The highest BCUT2D eigenvalue weighted by molar-refractivity contribution is 5.69. The summed E-state index contributed by atoms with van der Waals surface area (Å²) in [6.45, 7) is 2.18. The SMILES string of the molecule is COc1cc(-c2ncc[nH]2)cc([N+](=O)[O-])c1OCc1cccc(C)c1. The monoisotopic (exact) mass is 339 g/mol. The highest BCUT2D eigenvalue weighted by atomic mass is 16.6. The molecule has 0 atom stereocenters. The Morgan fingerprint density at radius 3 is 2.76 bits per heavy atom. The van der Waals surface area contributed by atoms with Crippen LogP contribution in [0.3, 0.4) is 0 Å². The maximum Gasteiger partial charge on any atom is 0.315 e. The maximum absolute atomic E-state index is 11.5. The van der Waals surface area contributed by atoms with Crippen LogP contribution in [0.4, 0.5) is 5.69 Å². The van der Waals surface area contributed by atoms with Crippen LogP contribution in [0, 0.1) is 17.0 Å². The minimum absolute atomic E-state index is 0.101. The number of nitrogens with zero attached hydrogens (tertiary/aromatic N) is 2. The van der Waals surface area contributed by atoms with Crippen molar-refractivity contribution in [2.24, 2.45) is 0 Å². The first-order chi connectivity index (χ1) is 12.1. The number of nitrogens with one attached hydrogen (secondary N) is 1. The number of nitro groups is 1. The van der Waals surface area contributed by atoms with Crippen molar-refractivity contribution in [1.82, 2.24) is 9.97 Å². The largest absolute Gasteiger partial charge is 0.493 e. The van der Waals surface area contributed by atoms with Gasteiger partial charge in [0, 0.05) is 24.0 Å². The molecule has 0 saturated carbocycles. The van der Waals surface area contributed by atoms with Crippen molar-refractivity contribution in [3.8, 4) is 22.9 Å². The number of aryl methyl sites for hydroxylation is 1. The number of nitro benzene ring substituents is 1. The first-order valence-corrected chi connectivity index (χ1v) is 7.63. The fraction of sp³-hybridized carbons (Fsp3) is 0.167. The molecule has 0 aliphatic rings. The van der Waals surface area contributed by atoms with Gasteiger partial charge < -0.3 is 14.5 Å². The van der Waals surface area contributed by atoms with E-state index in [1.165, 1.54) is 13.2 Å². The predicted molar refractivity (Wildman–Crippen MR) is 92.7 cm³/mol. The summed E-state index contributed by atoms with van der Waals surface area (Å²) in [5.41, 5.74) is 2.40. The zero-order valence-electron chi connectivity index (χ0n) is 13.9. The smallest absolute Gasteiger partial charge is 0.315 e. The second-order valence-electron chi connectivity index (χ2n) is 5.50. The molecule has 0 unspecified atom stereocenters. The van der Waals surface area contributed by atoms with Crippen LogP contribution in [-0.4, -0.2) is 22.0 Å². The van der Waals surface area contributed by atoms with E-state index in [1.807, 2.05) is 31.2 Å². The number of methoxy groups -OCH3 is 1. The fourth-order valence-electron chi connectivity index (χ4n) is 2.54. The molecule has 128 valence electrons. The van der Waals surface area contributed by atoms with Gasteiger partial charge in [0.2, 0.25) is 5.75 Å². The molecular weight excluding hydrogens is 322 g/mol. The van der Waals surface area contributed by atoms with Crippen molar-refractivity contribution < 1.29 is 14.4 Å². The van der Waals surface area contributed by atoms with E-state index < -0.39 is 4.92 Å². The van der Waals surface area contributed by atoms with Crippen molar-refractivity contribution in [1.29, 1.82) is 0 Å². The first-order valence-electron chi connectivity index (χ1n) is 7.63. The number of hydrogen-bond donors (Lipinski definition) is 1.